The minimum atomic E-state index is -4.75. The number of alkyl halides is 4. The van der Waals surface area contributed by atoms with Gasteiger partial charge in [-0.25, -0.2) is 4.39 Å². The van der Waals surface area contributed by atoms with Crippen molar-refractivity contribution in [3.8, 4) is 0 Å². The largest absolute Gasteiger partial charge is 0.389 e. The smallest absolute Gasteiger partial charge is 0.365 e. The number of aliphatic hydroxyl groups is 1. The van der Waals surface area contributed by atoms with Crippen molar-refractivity contribution in [3.63, 3.8) is 0 Å². The average Bonchev–Trinajstić information content (AvgIpc) is 1.85. The molecule has 6 heteroatoms. The first kappa shape index (κ1) is 9.44. The van der Waals surface area contributed by atoms with Crippen LogP contribution in [0.5, 0.6) is 0 Å². The third-order valence-electron chi connectivity index (χ3n) is 1.66. The van der Waals surface area contributed by atoms with E-state index in [-0.39, 0.29) is 0 Å². The number of hydrogen-bond donors (Lipinski definition) is 1. The summed E-state index contributed by atoms with van der Waals surface area (Å²) in [7, 11) is 0. The highest BCUT2D eigenvalue weighted by Gasteiger charge is 2.73. The summed E-state index contributed by atoms with van der Waals surface area (Å²) in [5, 5.41) is 8.50. The summed E-state index contributed by atoms with van der Waals surface area (Å²) in [5.41, 5.74) is -1.52. The van der Waals surface area contributed by atoms with E-state index in [4.69, 9.17) is 5.11 Å². The topological polar surface area (TPSA) is 20.2 Å². The number of rotatable bonds is 1. The predicted molar refractivity (Wildman–Crippen MR) is 29.7 cm³/mol. The second-order valence-electron chi connectivity index (χ2n) is 2.55. The summed E-state index contributed by atoms with van der Waals surface area (Å²) < 4.78 is 60.8. The molecule has 0 aromatic carbocycles. The van der Waals surface area contributed by atoms with E-state index < -0.39 is 29.3 Å². The molecular formula is C6H5F5O. The summed E-state index contributed by atoms with van der Waals surface area (Å²) in [5.74, 6) is -11.5. The lowest BCUT2D eigenvalue weighted by molar-refractivity contribution is -0.212. The lowest BCUT2D eigenvalue weighted by Gasteiger charge is -2.37. The van der Waals surface area contributed by atoms with Gasteiger partial charge in [0.15, 0.2) is 5.83 Å². The van der Waals surface area contributed by atoms with Gasteiger partial charge in [0.1, 0.15) is 0 Å². The number of halogens is 5. The maximum atomic E-state index is 12.3. The molecule has 0 aromatic rings. The van der Waals surface area contributed by atoms with Crippen LogP contribution in [0.15, 0.2) is 11.4 Å². The molecule has 70 valence electrons. The van der Waals surface area contributed by atoms with Crippen molar-refractivity contribution in [2.24, 2.45) is 0 Å². The second kappa shape index (κ2) is 2.18. The van der Waals surface area contributed by atoms with Crippen LogP contribution in [0.4, 0.5) is 22.0 Å². The predicted octanol–water partition coefficient (Wildman–Crippen LogP) is 1.88. The average molecular weight is 188 g/mol. The van der Waals surface area contributed by atoms with E-state index in [2.05, 4.69) is 0 Å². The van der Waals surface area contributed by atoms with Crippen molar-refractivity contribution in [3.05, 3.63) is 11.4 Å². The van der Waals surface area contributed by atoms with Gasteiger partial charge in [-0.2, -0.15) is 17.6 Å². The third-order valence-corrected chi connectivity index (χ3v) is 1.66. The van der Waals surface area contributed by atoms with Gasteiger partial charge < -0.3 is 5.11 Å². The summed E-state index contributed by atoms with van der Waals surface area (Å²) in [6.45, 7) is 0.804. The molecule has 1 N–H and O–H groups in total. The molecule has 1 atom stereocenters. The highest BCUT2D eigenvalue weighted by molar-refractivity contribution is 5.41. The molecule has 0 aliphatic heterocycles. The SMILES string of the molecule is C[C@H](O)C1=C(F)C(F)(F)C1(F)F. The molecule has 0 aromatic heterocycles. The monoisotopic (exact) mass is 188 g/mol. The molecule has 0 unspecified atom stereocenters. The van der Waals surface area contributed by atoms with Gasteiger partial charge in [0, 0.05) is 0 Å². The van der Waals surface area contributed by atoms with Crippen LogP contribution in [-0.2, 0) is 0 Å². The molecule has 1 rings (SSSR count). The van der Waals surface area contributed by atoms with Crippen molar-refractivity contribution in [2.45, 2.75) is 24.9 Å². The first-order chi connectivity index (χ1) is 5.23. The van der Waals surface area contributed by atoms with Crippen LogP contribution < -0.4 is 0 Å². The molecular weight excluding hydrogens is 183 g/mol. The van der Waals surface area contributed by atoms with Crippen LogP contribution in [0.1, 0.15) is 6.92 Å². The van der Waals surface area contributed by atoms with Gasteiger partial charge in [-0.05, 0) is 6.92 Å². The molecule has 1 nitrogen and oxygen atoms in total. The molecule has 0 radical (unpaired) electrons. The molecule has 1 aliphatic carbocycles. The summed E-state index contributed by atoms with van der Waals surface area (Å²) >= 11 is 0. The Hall–Kier alpha value is -0.650. The van der Waals surface area contributed by atoms with Gasteiger partial charge in [-0.15, -0.1) is 0 Å². The highest BCUT2D eigenvalue weighted by Crippen LogP contribution is 2.56. The number of aliphatic hydroxyl groups excluding tert-OH is 1. The van der Waals surface area contributed by atoms with Crippen molar-refractivity contribution in [1.82, 2.24) is 0 Å². The number of hydrogen-bond acceptors (Lipinski definition) is 1. The van der Waals surface area contributed by atoms with Crippen LogP contribution >= 0.6 is 0 Å². The van der Waals surface area contributed by atoms with E-state index >= 15 is 0 Å². The van der Waals surface area contributed by atoms with E-state index in [1.165, 1.54) is 0 Å². The van der Waals surface area contributed by atoms with E-state index in [9.17, 15) is 22.0 Å². The standard InChI is InChI=1S/C6H5F5O/c1-2(12)3-4(7)6(10,11)5(3,8)9/h2,12H,1H3/t2-/m0/s1. The highest BCUT2D eigenvalue weighted by atomic mass is 19.3. The Labute approximate surface area is 64.5 Å². The Balaban J connectivity index is 3.12. The Morgan fingerprint density at radius 3 is 1.75 bits per heavy atom. The molecule has 0 spiro atoms. The van der Waals surface area contributed by atoms with Crippen LogP contribution in [0.2, 0.25) is 0 Å². The first-order valence-corrected chi connectivity index (χ1v) is 3.07. The Morgan fingerprint density at radius 1 is 1.17 bits per heavy atom. The zero-order valence-corrected chi connectivity index (χ0v) is 5.91. The van der Waals surface area contributed by atoms with Crippen molar-refractivity contribution >= 4 is 0 Å². The fourth-order valence-corrected chi connectivity index (χ4v) is 0.997. The first-order valence-electron chi connectivity index (χ1n) is 3.07. The van der Waals surface area contributed by atoms with E-state index in [1.807, 2.05) is 0 Å². The van der Waals surface area contributed by atoms with Crippen LogP contribution in [0.25, 0.3) is 0 Å². The van der Waals surface area contributed by atoms with Gasteiger partial charge >= 0.3 is 11.8 Å². The fraction of sp³-hybridized carbons (Fsp3) is 0.667. The molecule has 1 aliphatic rings. The zero-order chi connectivity index (χ0) is 9.73. The lowest BCUT2D eigenvalue weighted by Crippen LogP contribution is -2.55. The maximum absolute atomic E-state index is 12.3. The summed E-state index contributed by atoms with van der Waals surface area (Å²) in [4.78, 5) is 0. The molecule has 0 heterocycles. The minimum Gasteiger partial charge on any atom is -0.389 e. The molecule has 0 saturated heterocycles. The van der Waals surface area contributed by atoms with Crippen molar-refractivity contribution in [2.75, 3.05) is 0 Å². The second-order valence-corrected chi connectivity index (χ2v) is 2.55. The van der Waals surface area contributed by atoms with Gasteiger partial charge in [0.05, 0.1) is 11.7 Å². The van der Waals surface area contributed by atoms with E-state index in [1.54, 1.807) is 0 Å². The maximum Gasteiger partial charge on any atom is 0.365 e. The van der Waals surface area contributed by atoms with Crippen molar-refractivity contribution in [1.29, 1.82) is 0 Å². The van der Waals surface area contributed by atoms with Crippen LogP contribution in [0, 0.1) is 0 Å². The summed E-state index contributed by atoms with van der Waals surface area (Å²) in [6.07, 6.45) is -1.89. The Bertz CT molecular complexity index is 242. The molecule has 0 amide bonds. The van der Waals surface area contributed by atoms with Gasteiger partial charge in [0.2, 0.25) is 0 Å². The van der Waals surface area contributed by atoms with Crippen LogP contribution in [-0.4, -0.2) is 23.1 Å². The van der Waals surface area contributed by atoms with Crippen LogP contribution in [0.3, 0.4) is 0 Å². The Morgan fingerprint density at radius 2 is 1.58 bits per heavy atom. The number of allylic oxidation sites excluding steroid dienone is 1. The zero-order valence-electron chi connectivity index (χ0n) is 5.91. The molecule has 0 saturated carbocycles. The fourth-order valence-electron chi connectivity index (χ4n) is 0.997. The van der Waals surface area contributed by atoms with Crippen molar-refractivity contribution < 1.29 is 27.1 Å². The van der Waals surface area contributed by atoms with E-state index in [0.717, 1.165) is 6.92 Å². The quantitative estimate of drug-likeness (QED) is 0.623. The van der Waals surface area contributed by atoms with E-state index in [0.29, 0.717) is 0 Å². The van der Waals surface area contributed by atoms with Gasteiger partial charge in [-0.3, -0.25) is 0 Å². The minimum absolute atomic E-state index is 0.804. The van der Waals surface area contributed by atoms with Gasteiger partial charge in [0.25, 0.3) is 0 Å². The summed E-state index contributed by atoms with van der Waals surface area (Å²) in [6, 6.07) is 0. The lowest BCUT2D eigenvalue weighted by atomic mass is 9.84. The normalized spacial score (nSPS) is 28.2. The molecule has 12 heavy (non-hydrogen) atoms. The third kappa shape index (κ3) is 0.811. The van der Waals surface area contributed by atoms with Gasteiger partial charge in [-0.1, -0.05) is 0 Å². The Kier molecular flexibility index (Phi) is 1.72. The molecule has 0 bridgehead atoms. The molecule has 0 fully saturated rings.